The number of anilines is 1. The second-order valence-corrected chi connectivity index (χ2v) is 5.42. The maximum atomic E-state index is 12.8. The van der Waals surface area contributed by atoms with E-state index in [1.807, 2.05) is 0 Å². The summed E-state index contributed by atoms with van der Waals surface area (Å²) in [6, 6.07) is 0. The van der Waals surface area contributed by atoms with Gasteiger partial charge in [-0.2, -0.15) is 8.42 Å². The van der Waals surface area contributed by atoms with Crippen molar-refractivity contribution in [2.75, 3.05) is 11.4 Å². The SMILES string of the molecule is Cc1ncncc1N1CC(S(=O)(=O)F)CC1=O. The fourth-order valence-electron chi connectivity index (χ4n) is 1.74. The fraction of sp³-hybridized carbons (Fsp3) is 0.444. The van der Waals surface area contributed by atoms with Crippen LogP contribution in [0.15, 0.2) is 12.5 Å². The van der Waals surface area contributed by atoms with E-state index in [0.717, 1.165) is 0 Å². The Balaban J connectivity index is 2.31. The van der Waals surface area contributed by atoms with E-state index in [1.165, 1.54) is 17.4 Å². The molecule has 6 nitrogen and oxygen atoms in total. The van der Waals surface area contributed by atoms with Crippen molar-refractivity contribution in [3.05, 3.63) is 18.2 Å². The Hall–Kier alpha value is -1.57. The van der Waals surface area contributed by atoms with Gasteiger partial charge in [0.05, 0.1) is 17.6 Å². The Morgan fingerprint density at radius 3 is 2.76 bits per heavy atom. The molecule has 1 atom stereocenters. The lowest BCUT2D eigenvalue weighted by Crippen LogP contribution is -2.27. The molecule has 0 aliphatic carbocycles. The standard InChI is InChI=1S/C9H10FN3O3S/c1-6-8(3-11-5-12-6)13-4-7(2-9(13)14)17(10,15)16/h3,5,7H,2,4H2,1H3. The van der Waals surface area contributed by atoms with E-state index < -0.39 is 21.4 Å². The summed E-state index contributed by atoms with van der Waals surface area (Å²) in [7, 11) is -4.69. The monoisotopic (exact) mass is 259 g/mol. The highest BCUT2D eigenvalue weighted by atomic mass is 32.3. The van der Waals surface area contributed by atoms with Crippen LogP contribution in [0.2, 0.25) is 0 Å². The van der Waals surface area contributed by atoms with Crippen LogP contribution in [0.1, 0.15) is 12.1 Å². The van der Waals surface area contributed by atoms with Gasteiger partial charge in [0.2, 0.25) is 5.91 Å². The zero-order valence-corrected chi connectivity index (χ0v) is 9.82. The molecule has 2 heterocycles. The molecule has 1 aromatic rings. The molecule has 0 radical (unpaired) electrons. The molecule has 2 rings (SSSR count). The molecule has 1 aliphatic rings. The third kappa shape index (κ3) is 2.26. The van der Waals surface area contributed by atoms with Gasteiger partial charge in [0.1, 0.15) is 11.6 Å². The van der Waals surface area contributed by atoms with E-state index in [-0.39, 0.29) is 13.0 Å². The van der Waals surface area contributed by atoms with Crippen molar-refractivity contribution in [2.24, 2.45) is 0 Å². The third-order valence-electron chi connectivity index (χ3n) is 2.66. The number of hydrogen-bond acceptors (Lipinski definition) is 5. The van der Waals surface area contributed by atoms with Crippen LogP contribution in [0.5, 0.6) is 0 Å². The van der Waals surface area contributed by atoms with Crippen molar-refractivity contribution in [3.63, 3.8) is 0 Å². The molecule has 1 aliphatic heterocycles. The van der Waals surface area contributed by atoms with Crippen LogP contribution in [0, 0.1) is 6.92 Å². The quantitative estimate of drug-likeness (QED) is 0.708. The van der Waals surface area contributed by atoms with E-state index in [0.29, 0.717) is 11.4 Å². The zero-order valence-electron chi connectivity index (χ0n) is 9.00. The molecule has 0 aromatic carbocycles. The van der Waals surface area contributed by atoms with Crippen molar-refractivity contribution in [1.82, 2.24) is 9.97 Å². The first kappa shape index (κ1) is 11.9. The average Bonchev–Trinajstić information content (AvgIpc) is 2.61. The number of rotatable bonds is 2. The molecule has 92 valence electrons. The van der Waals surface area contributed by atoms with Gasteiger partial charge in [-0.15, -0.1) is 3.89 Å². The van der Waals surface area contributed by atoms with Crippen LogP contribution in [-0.4, -0.2) is 36.1 Å². The summed E-state index contributed by atoms with van der Waals surface area (Å²) in [5, 5.41) is -1.30. The maximum absolute atomic E-state index is 12.8. The summed E-state index contributed by atoms with van der Waals surface area (Å²) in [5.41, 5.74) is 0.967. The lowest BCUT2D eigenvalue weighted by atomic mass is 10.3. The molecule has 8 heteroatoms. The highest BCUT2D eigenvalue weighted by Gasteiger charge is 2.39. The summed E-state index contributed by atoms with van der Waals surface area (Å²) < 4.78 is 34.3. The molecular weight excluding hydrogens is 249 g/mol. The summed E-state index contributed by atoms with van der Waals surface area (Å²) in [5.74, 6) is -0.436. The van der Waals surface area contributed by atoms with Crippen molar-refractivity contribution >= 4 is 21.8 Å². The van der Waals surface area contributed by atoms with Gasteiger partial charge in [-0.05, 0) is 6.92 Å². The number of nitrogens with zero attached hydrogens (tertiary/aromatic N) is 3. The van der Waals surface area contributed by atoms with Crippen LogP contribution in [0.25, 0.3) is 0 Å². The minimum Gasteiger partial charge on any atom is -0.308 e. The smallest absolute Gasteiger partial charge is 0.307 e. The summed E-state index contributed by atoms with van der Waals surface area (Å²) in [4.78, 5) is 20.5. The van der Waals surface area contributed by atoms with E-state index >= 15 is 0 Å². The predicted octanol–water partition coefficient (Wildman–Crippen LogP) is 0.190. The normalized spacial score (nSPS) is 20.9. The van der Waals surface area contributed by atoms with Crippen LogP contribution < -0.4 is 4.90 Å². The Morgan fingerprint density at radius 1 is 1.53 bits per heavy atom. The lowest BCUT2D eigenvalue weighted by molar-refractivity contribution is -0.117. The van der Waals surface area contributed by atoms with Crippen molar-refractivity contribution in [3.8, 4) is 0 Å². The average molecular weight is 259 g/mol. The molecular formula is C9H10FN3O3S. The highest BCUT2D eigenvalue weighted by molar-refractivity contribution is 7.87. The predicted molar refractivity (Wildman–Crippen MR) is 57.6 cm³/mol. The summed E-state index contributed by atoms with van der Waals surface area (Å²) >= 11 is 0. The minimum absolute atomic E-state index is 0.189. The second kappa shape index (κ2) is 4.02. The van der Waals surface area contributed by atoms with Gasteiger partial charge in [-0.1, -0.05) is 0 Å². The van der Waals surface area contributed by atoms with Gasteiger partial charge in [-0.25, -0.2) is 9.97 Å². The molecule has 1 saturated heterocycles. The van der Waals surface area contributed by atoms with Crippen molar-refractivity contribution < 1.29 is 17.1 Å². The van der Waals surface area contributed by atoms with E-state index in [9.17, 15) is 17.1 Å². The Morgan fingerprint density at radius 2 is 2.24 bits per heavy atom. The molecule has 0 spiro atoms. The van der Waals surface area contributed by atoms with E-state index in [4.69, 9.17) is 0 Å². The number of hydrogen-bond donors (Lipinski definition) is 0. The molecule has 1 unspecified atom stereocenters. The van der Waals surface area contributed by atoms with Gasteiger partial charge >= 0.3 is 10.2 Å². The molecule has 1 amide bonds. The summed E-state index contributed by atoms with van der Waals surface area (Å²) in [6.07, 6.45) is 2.39. The number of aryl methyl sites for hydroxylation is 1. The van der Waals surface area contributed by atoms with Crippen molar-refractivity contribution in [2.45, 2.75) is 18.6 Å². The van der Waals surface area contributed by atoms with Crippen LogP contribution in [-0.2, 0) is 15.0 Å². The molecule has 0 saturated carbocycles. The first-order valence-electron chi connectivity index (χ1n) is 4.90. The first-order chi connectivity index (χ1) is 7.89. The van der Waals surface area contributed by atoms with Gasteiger partial charge in [0, 0.05) is 13.0 Å². The molecule has 0 bridgehead atoms. The fourth-order valence-corrected chi connectivity index (χ4v) is 2.41. The van der Waals surface area contributed by atoms with E-state index in [1.54, 1.807) is 6.92 Å². The first-order valence-corrected chi connectivity index (χ1v) is 6.34. The molecule has 17 heavy (non-hydrogen) atoms. The molecule has 1 aromatic heterocycles. The number of carbonyl (C=O) groups excluding carboxylic acids is 1. The van der Waals surface area contributed by atoms with Crippen LogP contribution >= 0.6 is 0 Å². The van der Waals surface area contributed by atoms with Gasteiger partial charge in [0.25, 0.3) is 0 Å². The maximum Gasteiger partial charge on any atom is 0.307 e. The zero-order chi connectivity index (χ0) is 12.6. The highest BCUT2D eigenvalue weighted by Crippen LogP contribution is 2.26. The Bertz CT molecular complexity index is 560. The molecule has 0 N–H and O–H groups in total. The Labute approximate surface area is 97.7 Å². The number of aromatic nitrogens is 2. The topological polar surface area (TPSA) is 80.2 Å². The minimum atomic E-state index is -4.69. The van der Waals surface area contributed by atoms with E-state index in [2.05, 4.69) is 9.97 Å². The lowest BCUT2D eigenvalue weighted by Gasteiger charge is -2.16. The van der Waals surface area contributed by atoms with Gasteiger partial charge in [-0.3, -0.25) is 4.79 Å². The Kier molecular flexibility index (Phi) is 2.82. The van der Waals surface area contributed by atoms with Crippen LogP contribution in [0.4, 0.5) is 9.57 Å². The van der Waals surface area contributed by atoms with Crippen molar-refractivity contribution in [1.29, 1.82) is 0 Å². The summed E-state index contributed by atoms with van der Waals surface area (Å²) in [6.45, 7) is 1.48. The molecule has 1 fully saturated rings. The third-order valence-corrected chi connectivity index (χ3v) is 3.78. The van der Waals surface area contributed by atoms with Gasteiger partial charge in [0.15, 0.2) is 0 Å². The second-order valence-electron chi connectivity index (χ2n) is 3.80. The van der Waals surface area contributed by atoms with Gasteiger partial charge < -0.3 is 4.90 Å². The number of amides is 1. The van der Waals surface area contributed by atoms with Crippen LogP contribution in [0.3, 0.4) is 0 Å². The largest absolute Gasteiger partial charge is 0.308 e. The number of carbonyl (C=O) groups is 1. The number of halogens is 1.